The minimum absolute atomic E-state index is 0.134. The van der Waals surface area contributed by atoms with Crippen LogP contribution in [0, 0.1) is 10.1 Å². The van der Waals surface area contributed by atoms with Crippen molar-refractivity contribution in [1.82, 2.24) is 5.32 Å². The molecule has 1 atom stereocenters. The zero-order valence-corrected chi connectivity index (χ0v) is 12.1. The van der Waals surface area contributed by atoms with Crippen molar-refractivity contribution in [1.29, 1.82) is 0 Å². The van der Waals surface area contributed by atoms with Gasteiger partial charge in [0.05, 0.1) is 17.6 Å². The van der Waals surface area contributed by atoms with Crippen LogP contribution in [0.25, 0.3) is 0 Å². The molecule has 1 aromatic carbocycles. The first-order valence-corrected chi connectivity index (χ1v) is 7.39. The molecule has 21 heavy (non-hydrogen) atoms. The summed E-state index contributed by atoms with van der Waals surface area (Å²) in [7, 11) is 0. The molecule has 1 aliphatic heterocycles. The lowest BCUT2D eigenvalue weighted by molar-refractivity contribution is -0.384. The number of benzene rings is 1. The second-order valence-electron chi connectivity index (χ2n) is 5.17. The van der Waals surface area contributed by atoms with Crippen LogP contribution in [-0.4, -0.2) is 37.4 Å². The minimum atomic E-state index is -0.373. The summed E-state index contributed by atoms with van der Waals surface area (Å²) in [6, 6.07) is 6.69. The van der Waals surface area contributed by atoms with E-state index in [-0.39, 0.29) is 16.7 Å². The van der Waals surface area contributed by atoms with E-state index < -0.39 is 0 Å². The van der Waals surface area contributed by atoms with Gasteiger partial charge in [-0.2, -0.15) is 0 Å². The highest BCUT2D eigenvalue weighted by Gasteiger charge is 2.14. The summed E-state index contributed by atoms with van der Waals surface area (Å²) in [5, 5.41) is 13.9. The van der Waals surface area contributed by atoms with Crippen molar-refractivity contribution in [3.05, 3.63) is 39.9 Å². The molecule has 6 nitrogen and oxygen atoms in total. The van der Waals surface area contributed by atoms with Crippen molar-refractivity contribution in [2.75, 3.05) is 26.4 Å². The van der Waals surface area contributed by atoms with Gasteiger partial charge in [-0.3, -0.25) is 10.1 Å². The molecule has 2 rings (SSSR count). The zero-order chi connectivity index (χ0) is 14.9. The summed E-state index contributed by atoms with van der Waals surface area (Å²) in [5.41, 5.74) is 1.05. The molecule has 0 amide bonds. The molecule has 0 radical (unpaired) electrons. The van der Waals surface area contributed by atoms with Gasteiger partial charge >= 0.3 is 0 Å². The molecule has 1 aliphatic rings. The van der Waals surface area contributed by atoms with Crippen LogP contribution in [0.4, 0.5) is 5.69 Å². The quantitative estimate of drug-likeness (QED) is 0.429. The number of nitro benzene ring substituents is 1. The predicted molar refractivity (Wildman–Crippen MR) is 79.2 cm³/mol. The Kier molecular flexibility index (Phi) is 6.59. The summed E-state index contributed by atoms with van der Waals surface area (Å²) >= 11 is 0. The van der Waals surface area contributed by atoms with Crippen LogP contribution in [-0.2, 0) is 16.0 Å². The number of nitrogens with one attached hydrogen (secondary N) is 1. The first-order valence-electron chi connectivity index (χ1n) is 7.39. The SMILES string of the molecule is O=[N+]([O-])c1cccc(CNCCCOCC2CCCO2)c1. The molecule has 1 unspecified atom stereocenters. The van der Waals surface area contributed by atoms with Gasteiger partial charge in [-0.05, 0) is 31.4 Å². The Morgan fingerprint density at radius 1 is 1.48 bits per heavy atom. The fourth-order valence-electron chi connectivity index (χ4n) is 2.30. The third-order valence-corrected chi connectivity index (χ3v) is 3.42. The number of non-ortho nitro benzene ring substituents is 1. The maximum absolute atomic E-state index is 10.7. The number of rotatable bonds is 9. The van der Waals surface area contributed by atoms with Gasteiger partial charge in [0.1, 0.15) is 0 Å². The Morgan fingerprint density at radius 3 is 3.14 bits per heavy atom. The summed E-state index contributed by atoms with van der Waals surface area (Å²) < 4.78 is 11.0. The van der Waals surface area contributed by atoms with Gasteiger partial charge in [0.2, 0.25) is 0 Å². The van der Waals surface area contributed by atoms with Crippen molar-refractivity contribution in [3.63, 3.8) is 0 Å². The topological polar surface area (TPSA) is 73.6 Å². The number of hydrogen-bond acceptors (Lipinski definition) is 5. The number of hydrogen-bond donors (Lipinski definition) is 1. The molecule has 0 saturated carbocycles. The Hall–Kier alpha value is -1.50. The van der Waals surface area contributed by atoms with Crippen LogP contribution < -0.4 is 5.32 Å². The van der Waals surface area contributed by atoms with Crippen LogP contribution in [0.15, 0.2) is 24.3 Å². The lowest BCUT2D eigenvalue weighted by Gasteiger charge is -2.10. The molecule has 1 heterocycles. The monoisotopic (exact) mass is 294 g/mol. The second-order valence-corrected chi connectivity index (χ2v) is 5.17. The van der Waals surface area contributed by atoms with Gasteiger partial charge in [0.15, 0.2) is 0 Å². The smallest absolute Gasteiger partial charge is 0.269 e. The lowest BCUT2D eigenvalue weighted by atomic mass is 10.2. The van der Waals surface area contributed by atoms with Gasteiger partial charge in [-0.1, -0.05) is 12.1 Å². The molecule has 0 aromatic heterocycles. The van der Waals surface area contributed by atoms with E-state index in [9.17, 15) is 10.1 Å². The lowest BCUT2D eigenvalue weighted by Crippen LogP contribution is -2.19. The average Bonchev–Trinajstić information content (AvgIpc) is 3.00. The third kappa shape index (κ3) is 5.79. The van der Waals surface area contributed by atoms with Gasteiger partial charge < -0.3 is 14.8 Å². The van der Waals surface area contributed by atoms with Crippen molar-refractivity contribution in [2.24, 2.45) is 0 Å². The Balaban J connectivity index is 1.53. The van der Waals surface area contributed by atoms with E-state index in [1.807, 2.05) is 6.07 Å². The second kappa shape index (κ2) is 8.71. The molecule has 0 bridgehead atoms. The first-order chi connectivity index (χ1) is 10.3. The number of nitro groups is 1. The van der Waals surface area contributed by atoms with Crippen LogP contribution in [0.5, 0.6) is 0 Å². The number of ether oxygens (including phenoxy) is 2. The van der Waals surface area contributed by atoms with E-state index in [2.05, 4.69) is 5.32 Å². The van der Waals surface area contributed by atoms with Gasteiger partial charge in [0, 0.05) is 31.9 Å². The summed E-state index contributed by atoms with van der Waals surface area (Å²) in [4.78, 5) is 10.3. The van der Waals surface area contributed by atoms with E-state index in [4.69, 9.17) is 9.47 Å². The van der Waals surface area contributed by atoms with Crippen molar-refractivity contribution >= 4 is 5.69 Å². The molecule has 0 aliphatic carbocycles. The maximum Gasteiger partial charge on any atom is 0.269 e. The van der Waals surface area contributed by atoms with E-state index in [0.717, 1.165) is 38.0 Å². The Morgan fingerprint density at radius 2 is 2.38 bits per heavy atom. The molecule has 0 spiro atoms. The molecule has 1 saturated heterocycles. The third-order valence-electron chi connectivity index (χ3n) is 3.42. The predicted octanol–water partition coefficient (Wildman–Crippen LogP) is 2.27. The normalized spacial score (nSPS) is 18.0. The van der Waals surface area contributed by atoms with Crippen molar-refractivity contribution in [3.8, 4) is 0 Å². The van der Waals surface area contributed by atoms with Crippen molar-refractivity contribution in [2.45, 2.75) is 31.9 Å². The van der Waals surface area contributed by atoms with E-state index in [1.165, 1.54) is 6.07 Å². The zero-order valence-electron chi connectivity index (χ0n) is 12.1. The molecular formula is C15H22N2O4. The van der Waals surface area contributed by atoms with Crippen LogP contribution in [0.1, 0.15) is 24.8 Å². The molecular weight excluding hydrogens is 272 g/mol. The van der Waals surface area contributed by atoms with Crippen LogP contribution in [0.3, 0.4) is 0 Å². The maximum atomic E-state index is 10.7. The molecule has 1 fully saturated rings. The van der Waals surface area contributed by atoms with E-state index in [0.29, 0.717) is 19.8 Å². The Bertz CT molecular complexity index is 447. The van der Waals surface area contributed by atoms with E-state index in [1.54, 1.807) is 12.1 Å². The average molecular weight is 294 g/mol. The van der Waals surface area contributed by atoms with Gasteiger partial charge in [-0.15, -0.1) is 0 Å². The number of nitrogens with zero attached hydrogens (tertiary/aromatic N) is 1. The first kappa shape index (κ1) is 15.9. The highest BCUT2D eigenvalue weighted by atomic mass is 16.6. The fraction of sp³-hybridized carbons (Fsp3) is 0.600. The van der Waals surface area contributed by atoms with Crippen LogP contribution >= 0.6 is 0 Å². The molecule has 1 aromatic rings. The van der Waals surface area contributed by atoms with E-state index >= 15 is 0 Å². The largest absolute Gasteiger partial charge is 0.379 e. The van der Waals surface area contributed by atoms with Crippen LogP contribution in [0.2, 0.25) is 0 Å². The Labute approximate surface area is 124 Å². The molecule has 1 N–H and O–H groups in total. The van der Waals surface area contributed by atoms with Gasteiger partial charge in [-0.25, -0.2) is 0 Å². The fourth-order valence-corrected chi connectivity index (χ4v) is 2.30. The highest BCUT2D eigenvalue weighted by Crippen LogP contribution is 2.13. The minimum Gasteiger partial charge on any atom is -0.379 e. The standard InChI is InChI=1S/C15H22N2O4/c18-17(19)14-5-1-4-13(10-14)11-16-7-3-8-20-12-15-6-2-9-21-15/h1,4-5,10,15-16H,2-3,6-9,11-12H2. The molecule has 6 heteroatoms. The summed E-state index contributed by atoms with van der Waals surface area (Å²) in [6.07, 6.45) is 3.44. The van der Waals surface area contributed by atoms with Crippen molar-refractivity contribution < 1.29 is 14.4 Å². The summed E-state index contributed by atoms with van der Waals surface area (Å²) in [6.45, 7) is 3.72. The van der Waals surface area contributed by atoms with Gasteiger partial charge in [0.25, 0.3) is 5.69 Å². The summed E-state index contributed by atoms with van der Waals surface area (Å²) in [5.74, 6) is 0. The highest BCUT2D eigenvalue weighted by molar-refractivity contribution is 5.34. The molecule has 116 valence electrons.